The molecule has 0 aliphatic heterocycles. The molecule has 0 radical (unpaired) electrons. The van der Waals surface area contributed by atoms with Crippen molar-refractivity contribution in [2.45, 2.75) is 52.0 Å². The van der Waals surface area contributed by atoms with Crippen LogP contribution >= 0.6 is 0 Å². The zero-order valence-electron chi connectivity index (χ0n) is 11.8. The van der Waals surface area contributed by atoms with Crippen molar-refractivity contribution in [3.05, 3.63) is 29.8 Å². The molecule has 0 spiro atoms. The molecule has 1 N–H and O–H groups in total. The molecule has 106 valence electrons. The van der Waals surface area contributed by atoms with Crippen LogP contribution in [0.3, 0.4) is 0 Å². The molecule has 1 aliphatic rings. The lowest BCUT2D eigenvalue weighted by Crippen LogP contribution is -2.19. The monoisotopic (exact) mass is 267 g/mol. The van der Waals surface area contributed by atoms with Crippen LogP contribution in [0.5, 0.6) is 0 Å². The van der Waals surface area contributed by atoms with Gasteiger partial charge in [-0.15, -0.1) is 0 Å². The normalized spacial score (nSPS) is 24.3. The van der Waals surface area contributed by atoms with E-state index < -0.39 is 11.6 Å². The smallest absolute Gasteiger partial charge is 0.128 e. The summed E-state index contributed by atoms with van der Waals surface area (Å²) < 4.78 is 26.3. The van der Waals surface area contributed by atoms with Crippen molar-refractivity contribution in [2.24, 2.45) is 11.8 Å². The zero-order chi connectivity index (χ0) is 13.8. The minimum Gasteiger partial charge on any atom is -0.382 e. The maximum atomic E-state index is 13.2. The Labute approximate surface area is 114 Å². The number of anilines is 1. The Morgan fingerprint density at radius 3 is 2.32 bits per heavy atom. The second-order valence-corrected chi connectivity index (χ2v) is 6.01. The number of halogens is 2. The lowest BCUT2D eigenvalue weighted by molar-refractivity contribution is 0.341. The van der Waals surface area contributed by atoms with E-state index >= 15 is 0 Å². The Kier molecular flexibility index (Phi) is 4.78. The minimum absolute atomic E-state index is 0.338. The molecule has 1 aromatic carbocycles. The summed E-state index contributed by atoms with van der Waals surface area (Å²) in [7, 11) is 0. The molecule has 19 heavy (non-hydrogen) atoms. The SMILES string of the molecule is CC(C)C1CCCC(Nc2cc(F)cc(F)c2)CC1. The second-order valence-electron chi connectivity index (χ2n) is 6.01. The van der Waals surface area contributed by atoms with Crippen LogP contribution in [0.25, 0.3) is 0 Å². The molecule has 1 fully saturated rings. The minimum atomic E-state index is -0.517. The van der Waals surface area contributed by atoms with Crippen LogP contribution in [-0.2, 0) is 0 Å². The van der Waals surface area contributed by atoms with Crippen LogP contribution in [0.4, 0.5) is 14.5 Å². The molecule has 2 atom stereocenters. The molecule has 0 amide bonds. The molecule has 1 aliphatic carbocycles. The van der Waals surface area contributed by atoms with Crippen LogP contribution < -0.4 is 5.32 Å². The van der Waals surface area contributed by atoms with Crippen LogP contribution in [0, 0.1) is 23.5 Å². The molecular weight excluding hydrogens is 244 g/mol. The highest BCUT2D eigenvalue weighted by atomic mass is 19.1. The Morgan fingerprint density at radius 1 is 1.00 bits per heavy atom. The van der Waals surface area contributed by atoms with E-state index in [9.17, 15) is 8.78 Å². The average Bonchev–Trinajstić information content (AvgIpc) is 2.53. The number of hydrogen-bond acceptors (Lipinski definition) is 1. The molecule has 0 saturated heterocycles. The summed E-state index contributed by atoms with van der Waals surface area (Å²) in [5.74, 6) is 0.480. The van der Waals surface area contributed by atoms with Crippen molar-refractivity contribution in [3.63, 3.8) is 0 Å². The van der Waals surface area contributed by atoms with Crippen LogP contribution in [0.1, 0.15) is 46.0 Å². The summed E-state index contributed by atoms with van der Waals surface area (Å²) in [6, 6.07) is 3.99. The third kappa shape index (κ3) is 4.19. The quantitative estimate of drug-likeness (QED) is 0.761. The van der Waals surface area contributed by atoms with E-state index in [-0.39, 0.29) is 0 Å². The number of rotatable bonds is 3. The van der Waals surface area contributed by atoms with Crippen molar-refractivity contribution in [3.8, 4) is 0 Å². The zero-order valence-corrected chi connectivity index (χ0v) is 11.8. The molecule has 2 rings (SSSR count). The number of nitrogens with one attached hydrogen (secondary N) is 1. The van der Waals surface area contributed by atoms with E-state index in [0.717, 1.165) is 30.7 Å². The largest absolute Gasteiger partial charge is 0.382 e. The average molecular weight is 267 g/mol. The fourth-order valence-corrected chi connectivity index (χ4v) is 3.01. The molecule has 1 nitrogen and oxygen atoms in total. The molecule has 0 bridgehead atoms. The second kappa shape index (κ2) is 6.36. The maximum Gasteiger partial charge on any atom is 0.128 e. The molecule has 3 heteroatoms. The molecule has 0 heterocycles. The Morgan fingerprint density at radius 2 is 1.68 bits per heavy atom. The van der Waals surface area contributed by atoms with Gasteiger partial charge in [-0.3, -0.25) is 0 Å². The van der Waals surface area contributed by atoms with Gasteiger partial charge in [0.25, 0.3) is 0 Å². The van der Waals surface area contributed by atoms with Gasteiger partial charge < -0.3 is 5.32 Å². The van der Waals surface area contributed by atoms with Crippen LogP contribution in [-0.4, -0.2) is 6.04 Å². The summed E-state index contributed by atoms with van der Waals surface area (Å²) >= 11 is 0. The predicted molar refractivity (Wildman–Crippen MR) is 75.2 cm³/mol. The van der Waals surface area contributed by atoms with Crippen LogP contribution in [0.15, 0.2) is 18.2 Å². The highest BCUT2D eigenvalue weighted by molar-refractivity contribution is 5.44. The first kappa shape index (κ1) is 14.3. The van der Waals surface area contributed by atoms with Gasteiger partial charge in [-0.25, -0.2) is 8.78 Å². The first-order valence-corrected chi connectivity index (χ1v) is 7.27. The van der Waals surface area contributed by atoms with E-state index in [1.54, 1.807) is 0 Å². The van der Waals surface area contributed by atoms with E-state index in [1.807, 2.05) is 0 Å². The van der Waals surface area contributed by atoms with Crippen molar-refractivity contribution in [1.29, 1.82) is 0 Å². The summed E-state index contributed by atoms with van der Waals surface area (Å²) in [6.07, 6.45) is 5.83. The fraction of sp³-hybridized carbons (Fsp3) is 0.625. The molecule has 1 saturated carbocycles. The summed E-state index contributed by atoms with van der Waals surface area (Å²) in [6.45, 7) is 4.56. The summed E-state index contributed by atoms with van der Waals surface area (Å²) in [5, 5.41) is 3.28. The van der Waals surface area contributed by atoms with Gasteiger partial charge in [0, 0.05) is 17.8 Å². The lowest BCUT2D eigenvalue weighted by atomic mass is 9.89. The van der Waals surface area contributed by atoms with Gasteiger partial charge in [0.05, 0.1) is 0 Å². The highest BCUT2D eigenvalue weighted by Crippen LogP contribution is 2.30. The van der Waals surface area contributed by atoms with Crippen molar-refractivity contribution >= 4 is 5.69 Å². The lowest BCUT2D eigenvalue weighted by Gasteiger charge is -2.20. The standard InChI is InChI=1S/C16H23F2N/c1-11(2)12-4-3-5-15(7-6-12)19-16-9-13(17)8-14(18)10-16/h8-12,15,19H,3-7H2,1-2H3. The highest BCUT2D eigenvalue weighted by Gasteiger charge is 2.21. The number of benzene rings is 1. The molecule has 0 aromatic heterocycles. The van der Waals surface area contributed by atoms with Gasteiger partial charge in [0.15, 0.2) is 0 Å². The van der Waals surface area contributed by atoms with Gasteiger partial charge in [-0.2, -0.15) is 0 Å². The van der Waals surface area contributed by atoms with Crippen molar-refractivity contribution < 1.29 is 8.78 Å². The van der Waals surface area contributed by atoms with Gasteiger partial charge in [-0.05, 0) is 43.2 Å². The number of hydrogen-bond donors (Lipinski definition) is 1. The maximum absolute atomic E-state index is 13.2. The molecule has 1 aromatic rings. The van der Waals surface area contributed by atoms with Gasteiger partial charge >= 0.3 is 0 Å². The summed E-state index contributed by atoms with van der Waals surface area (Å²) in [5.41, 5.74) is 0.561. The van der Waals surface area contributed by atoms with E-state index in [2.05, 4.69) is 19.2 Å². The van der Waals surface area contributed by atoms with Crippen LogP contribution in [0.2, 0.25) is 0 Å². The summed E-state index contributed by atoms with van der Waals surface area (Å²) in [4.78, 5) is 0. The van der Waals surface area contributed by atoms with Crippen molar-refractivity contribution in [2.75, 3.05) is 5.32 Å². The first-order chi connectivity index (χ1) is 9.04. The van der Waals surface area contributed by atoms with Gasteiger partial charge in [0.2, 0.25) is 0 Å². The van der Waals surface area contributed by atoms with E-state index in [4.69, 9.17) is 0 Å². The third-order valence-electron chi connectivity index (χ3n) is 4.19. The van der Waals surface area contributed by atoms with Gasteiger partial charge in [-0.1, -0.05) is 26.7 Å². The third-order valence-corrected chi connectivity index (χ3v) is 4.19. The van der Waals surface area contributed by atoms with Crippen molar-refractivity contribution in [1.82, 2.24) is 0 Å². The Hall–Kier alpha value is -1.12. The molecule has 2 unspecified atom stereocenters. The van der Waals surface area contributed by atoms with E-state index in [0.29, 0.717) is 11.7 Å². The Balaban J connectivity index is 1.95. The van der Waals surface area contributed by atoms with Gasteiger partial charge in [0.1, 0.15) is 11.6 Å². The predicted octanol–water partition coefficient (Wildman–Crippen LogP) is 4.98. The Bertz CT molecular complexity index is 397. The first-order valence-electron chi connectivity index (χ1n) is 7.27. The fourth-order valence-electron chi connectivity index (χ4n) is 3.01. The van der Waals surface area contributed by atoms with E-state index in [1.165, 1.54) is 31.4 Å². The topological polar surface area (TPSA) is 12.0 Å². The molecular formula is C16H23F2N.